The maximum absolute atomic E-state index is 13.2. The van der Waals surface area contributed by atoms with Gasteiger partial charge in [-0.1, -0.05) is 6.07 Å². The molecule has 1 aliphatic heterocycles. The normalized spacial score (nSPS) is 16.5. The first-order valence-corrected chi connectivity index (χ1v) is 10.0. The van der Waals surface area contributed by atoms with Crippen LogP contribution in [0.3, 0.4) is 0 Å². The van der Waals surface area contributed by atoms with E-state index in [0.717, 1.165) is 22.3 Å². The smallest absolute Gasteiger partial charge is 0.309 e. The van der Waals surface area contributed by atoms with E-state index in [1.54, 1.807) is 0 Å². The molecular formula is C18H26N2O5S. The molecular weight excluding hydrogens is 356 g/mol. The largest absolute Gasteiger partial charge is 0.455 e. The third-order valence-electron chi connectivity index (χ3n) is 5.04. The molecule has 1 amide bonds. The molecule has 1 fully saturated rings. The zero-order valence-electron chi connectivity index (χ0n) is 15.7. The van der Waals surface area contributed by atoms with Gasteiger partial charge in [0.15, 0.2) is 6.61 Å². The number of benzene rings is 1. The monoisotopic (exact) mass is 382 g/mol. The van der Waals surface area contributed by atoms with Crippen LogP contribution < -0.4 is 5.73 Å². The fourth-order valence-electron chi connectivity index (χ4n) is 3.29. The minimum Gasteiger partial charge on any atom is -0.455 e. The van der Waals surface area contributed by atoms with Crippen molar-refractivity contribution in [3.05, 3.63) is 28.3 Å². The number of nitrogens with two attached hydrogens (primary N) is 1. The maximum atomic E-state index is 13.2. The number of amides is 1. The Balaban J connectivity index is 2.17. The highest BCUT2D eigenvalue weighted by Crippen LogP contribution is 2.31. The molecule has 1 aromatic rings. The van der Waals surface area contributed by atoms with Crippen LogP contribution in [0.15, 0.2) is 11.0 Å². The first kappa shape index (κ1) is 20.4. The predicted molar refractivity (Wildman–Crippen MR) is 97.0 cm³/mol. The second-order valence-electron chi connectivity index (χ2n) is 6.84. The number of nitrogens with zero attached hydrogens (tertiary/aromatic N) is 1. The Labute approximate surface area is 154 Å². The van der Waals surface area contributed by atoms with Crippen molar-refractivity contribution in [2.45, 2.75) is 45.4 Å². The summed E-state index contributed by atoms with van der Waals surface area (Å²) < 4.78 is 32.6. The highest BCUT2D eigenvalue weighted by atomic mass is 32.2. The van der Waals surface area contributed by atoms with E-state index in [0.29, 0.717) is 17.7 Å². The van der Waals surface area contributed by atoms with Crippen molar-refractivity contribution in [1.29, 1.82) is 0 Å². The third-order valence-corrected chi connectivity index (χ3v) is 7.21. The molecule has 0 spiro atoms. The number of aryl methyl sites for hydroxylation is 2. The Morgan fingerprint density at radius 2 is 1.62 bits per heavy atom. The number of piperidine rings is 1. The standard InChI is InChI=1S/C18H26N2O5S/c1-11-9-12(2)14(4)17(13(11)3)26(23,24)20-7-5-15(6-8-20)18(22)25-10-16(19)21/h9,15H,5-8,10H2,1-4H3,(H2,19,21). The first-order valence-electron chi connectivity index (χ1n) is 8.58. The molecule has 1 aliphatic rings. The van der Waals surface area contributed by atoms with Crippen molar-refractivity contribution in [3.8, 4) is 0 Å². The summed E-state index contributed by atoms with van der Waals surface area (Å²) in [5.41, 5.74) is 8.37. The quantitative estimate of drug-likeness (QED) is 0.774. The Kier molecular flexibility index (Phi) is 6.08. The summed E-state index contributed by atoms with van der Waals surface area (Å²) in [6, 6.07) is 1.99. The van der Waals surface area contributed by atoms with Crippen molar-refractivity contribution in [1.82, 2.24) is 4.31 Å². The zero-order valence-corrected chi connectivity index (χ0v) is 16.5. The molecule has 1 saturated heterocycles. The number of primary amides is 1. The molecule has 7 nitrogen and oxygen atoms in total. The third kappa shape index (κ3) is 4.07. The summed E-state index contributed by atoms with van der Waals surface area (Å²) in [4.78, 5) is 23.0. The average molecular weight is 382 g/mol. The Morgan fingerprint density at radius 1 is 1.12 bits per heavy atom. The van der Waals surface area contributed by atoms with Gasteiger partial charge in [-0.15, -0.1) is 0 Å². The molecule has 8 heteroatoms. The summed E-state index contributed by atoms with van der Waals surface area (Å²) in [6.45, 7) is 7.49. The van der Waals surface area contributed by atoms with Crippen LogP contribution in [-0.2, 0) is 24.3 Å². The van der Waals surface area contributed by atoms with Gasteiger partial charge in [-0.2, -0.15) is 4.31 Å². The number of rotatable bonds is 5. The van der Waals surface area contributed by atoms with E-state index < -0.39 is 34.4 Å². The molecule has 0 atom stereocenters. The van der Waals surface area contributed by atoms with Crippen LogP contribution in [-0.4, -0.2) is 44.3 Å². The number of esters is 1. The Bertz CT molecular complexity index is 798. The lowest BCUT2D eigenvalue weighted by Crippen LogP contribution is -2.41. The lowest BCUT2D eigenvalue weighted by molar-refractivity contribution is -0.153. The number of hydrogen-bond acceptors (Lipinski definition) is 5. The zero-order chi connectivity index (χ0) is 19.6. The molecule has 0 radical (unpaired) electrons. The van der Waals surface area contributed by atoms with Crippen LogP contribution in [0.1, 0.15) is 35.1 Å². The van der Waals surface area contributed by atoms with E-state index in [2.05, 4.69) is 0 Å². The van der Waals surface area contributed by atoms with Gasteiger partial charge in [0.2, 0.25) is 10.0 Å². The fraction of sp³-hybridized carbons (Fsp3) is 0.556. The van der Waals surface area contributed by atoms with Gasteiger partial charge in [0.05, 0.1) is 10.8 Å². The van der Waals surface area contributed by atoms with Gasteiger partial charge in [0.25, 0.3) is 5.91 Å². The van der Waals surface area contributed by atoms with Gasteiger partial charge in [-0.05, 0) is 62.8 Å². The molecule has 26 heavy (non-hydrogen) atoms. The second-order valence-corrected chi connectivity index (χ2v) is 8.72. The molecule has 0 unspecified atom stereocenters. The number of ether oxygens (including phenoxy) is 1. The number of carbonyl (C=O) groups is 2. The van der Waals surface area contributed by atoms with Gasteiger partial charge >= 0.3 is 5.97 Å². The van der Waals surface area contributed by atoms with Crippen molar-refractivity contribution >= 4 is 21.9 Å². The van der Waals surface area contributed by atoms with Crippen LogP contribution in [0.25, 0.3) is 0 Å². The summed E-state index contributed by atoms with van der Waals surface area (Å²) in [5, 5.41) is 0. The number of hydrogen-bond donors (Lipinski definition) is 1. The molecule has 0 aromatic heterocycles. The van der Waals surface area contributed by atoms with Crippen LogP contribution in [0.4, 0.5) is 0 Å². The molecule has 1 aromatic carbocycles. The fourth-order valence-corrected chi connectivity index (χ4v) is 5.33. The van der Waals surface area contributed by atoms with Crippen molar-refractivity contribution in [2.75, 3.05) is 19.7 Å². The molecule has 0 aliphatic carbocycles. The predicted octanol–water partition coefficient (Wildman–Crippen LogP) is 1.35. The number of carbonyl (C=O) groups excluding carboxylic acids is 2. The summed E-state index contributed by atoms with van der Waals surface area (Å²) in [7, 11) is -3.64. The summed E-state index contributed by atoms with van der Waals surface area (Å²) in [6.07, 6.45) is 0.722. The Hall–Kier alpha value is -1.93. The minimum atomic E-state index is -3.64. The van der Waals surface area contributed by atoms with E-state index in [1.165, 1.54) is 4.31 Å². The summed E-state index contributed by atoms with van der Waals surface area (Å²) >= 11 is 0. The van der Waals surface area contributed by atoms with Gasteiger partial charge in [0, 0.05) is 13.1 Å². The van der Waals surface area contributed by atoms with E-state index in [4.69, 9.17) is 10.5 Å². The van der Waals surface area contributed by atoms with Gasteiger partial charge in [0.1, 0.15) is 0 Å². The first-order chi connectivity index (χ1) is 12.1. The van der Waals surface area contributed by atoms with Gasteiger partial charge < -0.3 is 10.5 Å². The molecule has 0 bridgehead atoms. The lowest BCUT2D eigenvalue weighted by Gasteiger charge is -2.31. The van der Waals surface area contributed by atoms with Gasteiger partial charge in [-0.25, -0.2) is 8.42 Å². The van der Waals surface area contributed by atoms with Crippen LogP contribution in [0.2, 0.25) is 0 Å². The van der Waals surface area contributed by atoms with Crippen molar-refractivity contribution < 1.29 is 22.7 Å². The number of sulfonamides is 1. The molecule has 2 rings (SSSR count). The SMILES string of the molecule is Cc1cc(C)c(C)c(S(=O)(=O)N2CCC(C(=O)OCC(N)=O)CC2)c1C. The molecule has 2 N–H and O–H groups in total. The average Bonchev–Trinajstić information content (AvgIpc) is 2.58. The Morgan fingerprint density at radius 3 is 2.08 bits per heavy atom. The van der Waals surface area contributed by atoms with E-state index in [1.807, 2.05) is 33.8 Å². The maximum Gasteiger partial charge on any atom is 0.309 e. The van der Waals surface area contributed by atoms with E-state index in [-0.39, 0.29) is 13.1 Å². The van der Waals surface area contributed by atoms with Crippen molar-refractivity contribution in [3.63, 3.8) is 0 Å². The van der Waals surface area contributed by atoms with Crippen LogP contribution >= 0.6 is 0 Å². The van der Waals surface area contributed by atoms with Crippen LogP contribution in [0, 0.1) is 33.6 Å². The molecule has 144 valence electrons. The minimum absolute atomic E-state index is 0.241. The van der Waals surface area contributed by atoms with Gasteiger partial charge in [-0.3, -0.25) is 9.59 Å². The topological polar surface area (TPSA) is 107 Å². The van der Waals surface area contributed by atoms with E-state index >= 15 is 0 Å². The van der Waals surface area contributed by atoms with E-state index in [9.17, 15) is 18.0 Å². The highest BCUT2D eigenvalue weighted by molar-refractivity contribution is 7.89. The lowest BCUT2D eigenvalue weighted by atomic mass is 9.98. The second kappa shape index (κ2) is 7.75. The molecule has 0 saturated carbocycles. The highest BCUT2D eigenvalue weighted by Gasteiger charge is 2.34. The van der Waals surface area contributed by atoms with Crippen molar-refractivity contribution in [2.24, 2.45) is 11.7 Å². The summed E-state index contributed by atoms with van der Waals surface area (Å²) in [5.74, 6) is -1.62. The molecule has 1 heterocycles. The van der Waals surface area contributed by atoms with Crippen LogP contribution in [0.5, 0.6) is 0 Å².